The van der Waals surface area contributed by atoms with Crippen LogP contribution in [0.25, 0.3) is 0 Å². The highest BCUT2D eigenvalue weighted by Gasteiger charge is 2.43. The van der Waals surface area contributed by atoms with E-state index < -0.39 is 0 Å². The van der Waals surface area contributed by atoms with Gasteiger partial charge in [-0.1, -0.05) is 0 Å². The van der Waals surface area contributed by atoms with Crippen molar-refractivity contribution in [2.75, 3.05) is 7.05 Å². The fourth-order valence-corrected chi connectivity index (χ4v) is 3.00. The number of nitrogens with one attached hydrogen (secondary N) is 1. The van der Waals surface area contributed by atoms with Crippen molar-refractivity contribution in [3.63, 3.8) is 0 Å². The Morgan fingerprint density at radius 2 is 2.36 bits per heavy atom. The molecule has 1 nitrogen and oxygen atoms in total. The van der Waals surface area contributed by atoms with Gasteiger partial charge in [-0.15, -0.1) is 11.3 Å². The molecule has 0 bridgehead atoms. The molecule has 0 amide bonds. The first-order chi connectivity index (χ1) is 5.27. The van der Waals surface area contributed by atoms with Crippen LogP contribution in [0.2, 0.25) is 0 Å². The Balaban J connectivity index is 2.29. The molecule has 11 heavy (non-hydrogen) atoms. The first-order valence-electron chi connectivity index (χ1n) is 3.70. The third-order valence-corrected chi connectivity index (χ3v) is 4.16. The third kappa shape index (κ3) is 1.25. The van der Waals surface area contributed by atoms with Crippen LogP contribution in [0.3, 0.4) is 0 Å². The second-order valence-corrected chi connectivity index (χ2v) is 4.79. The van der Waals surface area contributed by atoms with E-state index in [0.717, 1.165) is 0 Å². The second kappa shape index (κ2) is 2.57. The maximum absolute atomic E-state index is 3.46. The van der Waals surface area contributed by atoms with E-state index in [1.807, 2.05) is 18.4 Å². The van der Waals surface area contributed by atoms with Gasteiger partial charge in [-0.25, -0.2) is 0 Å². The number of hydrogen-bond donors (Lipinski definition) is 1. The van der Waals surface area contributed by atoms with E-state index in [9.17, 15) is 0 Å². The average Bonchev–Trinajstić information content (AvgIpc) is 2.70. The van der Waals surface area contributed by atoms with Gasteiger partial charge in [0, 0.05) is 14.7 Å². The van der Waals surface area contributed by atoms with Crippen LogP contribution in [0.5, 0.6) is 0 Å². The predicted octanol–water partition coefficient (Wildman–Crippen LogP) is 2.72. The molecule has 0 spiro atoms. The van der Waals surface area contributed by atoms with Gasteiger partial charge in [-0.05, 0) is 41.9 Å². The van der Waals surface area contributed by atoms with Crippen molar-refractivity contribution < 1.29 is 0 Å². The standard InChI is InChI=1S/C8H10BrNS/c1-10-8(2-3-8)7-4-6(9)5-11-7/h4-5,10H,2-3H2,1H3. The monoisotopic (exact) mass is 231 g/mol. The second-order valence-electron chi connectivity index (χ2n) is 2.96. The van der Waals surface area contributed by atoms with Gasteiger partial charge in [-0.3, -0.25) is 0 Å². The topological polar surface area (TPSA) is 12.0 Å². The molecule has 1 aliphatic carbocycles. The van der Waals surface area contributed by atoms with E-state index in [-0.39, 0.29) is 0 Å². The van der Waals surface area contributed by atoms with E-state index >= 15 is 0 Å². The molecule has 0 unspecified atom stereocenters. The van der Waals surface area contributed by atoms with Gasteiger partial charge in [0.1, 0.15) is 0 Å². The molecule has 3 heteroatoms. The molecule has 1 N–H and O–H groups in total. The Kier molecular flexibility index (Phi) is 1.82. The molecule has 0 aliphatic heterocycles. The molecular formula is C8H10BrNS. The molecule has 0 atom stereocenters. The highest BCUT2D eigenvalue weighted by Crippen LogP contribution is 2.47. The summed E-state index contributed by atoms with van der Waals surface area (Å²) < 4.78 is 1.21. The van der Waals surface area contributed by atoms with Crippen molar-refractivity contribution in [2.45, 2.75) is 18.4 Å². The van der Waals surface area contributed by atoms with Crippen molar-refractivity contribution in [1.82, 2.24) is 5.32 Å². The SMILES string of the molecule is CNC1(c2cc(Br)cs2)CC1. The predicted molar refractivity (Wildman–Crippen MR) is 52.0 cm³/mol. The Bertz CT molecular complexity index is 265. The van der Waals surface area contributed by atoms with Gasteiger partial charge >= 0.3 is 0 Å². The van der Waals surface area contributed by atoms with Crippen LogP contribution in [-0.2, 0) is 5.54 Å². The minimum absolute atomic E-state index is 0.344. The molecule has 0 aromatic carbocycles. The number of halogens is 1. The Morgan fingerprint density at radius 1 is 1.64 bits per heavy atom. The molecule has 1 aromatic rings. The first kappa shape index (κ1) is 7.77. The normalized spacial score (nSPS) is 20.2. The summed E-state index contributed by atoms with van der Waals surface area (Å²) in [7, 11) is 2.04. The highest BCUT2D eigenvalue weighted by molar-refractivity contribution is 9.10. The van der Waals surface area contributed by atoms with E-state index in [4.69, 9.17) is 0 Å². The highest BCUT2D eigenvalue weighted by atomic mass is 79.9. The van der Waals surface area contributed by atoms with Crippen LogP contribution in [-0.4, -0.2) is 7.05 Å². The summed E-state index contributed by atoms with van der Waals surface area (Å²) in [5.74, 6) is 0. The van der Waals surface area contributed by atoms with Crippen molar-refractivity contribution in [1.29, 1.82) is 0 Å². The van der Waals surface area contributed by atoms with Gasteiger partial charge in [0.15, 0.2) is 0 Å². The summed E-state index contributed by atoms with van der Waals surface area (Å²) in [5, 5.41) is 5.52. The molecule has 1 aliphatic rings. The van der Waals surface area contributed by atoms with E-state index in [2.05, 4.69) is 32.7 Å². The molecular weight excluding hydrogens is 222 g/mol. The zero-order valence-corrected chi connectivity index (χ0v) is 8.76. The van der Waals surface area contributed by atoms with Crippen molar-refractivity contribution in [3.8, 4) is 0 Å². The fraction of sp³-hybridized carbons (Fsp3) is 0.500. The third-order valence-electron chi connectivity index (χ3n) is 2.27. The van der Waals surface area contributed by atoms with Crippen LogP contribution in [0.1, 0.15) is 17.7 Å². The molecule has 2 rings (SSSR count). The lowest BCUT2D eigenvalue weighted by Gasteiger charge is -2.10. The minimum Gasteiger partial charge on any atom is -0.310 e. The van der Waals surface area contributed by atoms with Crippen LogP contribution < -0.4 is 5.32 Å². The summed E-state index contributed by atoms with van der Waals surface area (Å²) in [6.45, 7) is 0. The molecule has 0 radical (unpaired) electrons. The largest absolute Gasteiger partial charge is 0.310 e. The van der Waals surface area contributed by atoms with E-state index in [1.54, 1.807) is 0 Å². The molecule has 1 fully saturated rings. The number of hydrogen-bond acceptors (Lipinski definition) is 2. The molecule has 1 aromatic heterocycles. The maximum Gasteiger partial charge on any atom is 0.0528 e. The molecule has 1 heterocycles. The van der Waals surface area contributed by atoms with E-state index in [1.165, 1.54) is 22.2 Å². The van der Waals surface area contributed by atoms with Crippen molar-refractivity contribution >= 4 is 27.3 Å². The van der Waals surface area contributed by atoms with Gasteiger partial charge < -0.3 is 5.32 Å². The van der Waals surface area contributed by atoms with Crippen molar-refractivity contribution in [3.05, 3.63) is 20.8 Å². The van der Waals surface area contributed by atoms with Crippen LogP contribution >= 0.6 is 27.3 Å². The zero-order chi connectivity index (χ0) is 7.90. The summed E-state index contributed by atoms with van der Waals surface area (Å²) in [5.41, 5.74) is 0.344. The quantitative estimate of drug-likeness (QED) is 0.826. The van der Waals surface area contributed by atoms with Gasteiger partial charge in [-0.2, -0.15) is 0 Å². The molecule has 60 valence electrons. The molecule has 1 saturated carbocycles. The lowest BCUT2D eigenvalue weighted by molar-refractivity contribution is 0.597. The number of rotatable bonds is 2. The summed E-state index contributed by atoms with van der Waals surface area (Å²) in [4.78, 5) is 1.46. The number of thiophene rings is 1. The Labute approximate surface area is 78.9 Å². The lowest BCUT2D eigenvalue weighted by atomic mass is 10.2. The van der Waals surface area contributed by atoms with Crippen LogP contribution in [0.4, 0.5) is 0 Å². The van der Waals surface area contributed by atoms with Gasteiger partial charge in [0.2, 0.25) is 0 Å². The van der Waals surface area contributed by atoms with Crippen LogP contribution in [0, 0.1) is 0 Å². The zero-order valence-electron chi connectivity index (χ0n) is 6.36. The molecule has 0 saturated heterocycles. The van der Waals surface area contributed by atoms with Crippen molar-refractivity contribution in [2.24, 2.45) is 0 Å². The van der Waals surface area contributed by atoms with Crippen LogP contribution in [0.15, 0.2) is 15.9 Å². The smallest absolute Gasteiger partial charge is 0.0528 e. The fourth-order valence-electron chi connectivity index (χ4n) is 1.31. The first-order valence-corrected chi connectivity index (χ1v) is 5.37. The van der Waals surface area contributed by atoms with Gasteiger partial charge in [0.05, 0.1) is 5.54 Å². The minimum atomic E-state index is 0.344. The summed E-state index contributed by atoms with van der Waals surface area (Å²) in [6.07, 6.45) is 2.58. The lowest BCUT2D eigenvalue weighted by Crippen LogP contribution is -2.22. The average molecular weight is 232 g/mol. The Morgan fingerprint density at radius 3 is 2.73 bits per heavy atom. The summed E-state index contributed by atoms with van der Waals surface area (Å²) in [6, 6.07) is 2.22. The Hall–Kier alpha value is 0.140. The van der Waals surface area contributed by atoms with Gasteiger partial charge in [0.25, 0.3) is 0 Å². The maximum atomic E-state index is 3.46. The van der Waals surface area contributed by atoms with E-state index in [0.29, 0.717) is 5.54 Å². The summed E-state index contributed by atoms with van der Waals surface area (Å²) >= 11 is 5.30.